The highest BCUT2D eigenvalue weighted by molar-refractivity contribution is 5.85. The zero-order valence-electron chi connectivity index (χ0n) is 15.4. The fourth-order valence-corrected chi connectivity index (χ4v) is 2.71. The maximum absolute atomic E-state index is 12.1. The Balaban J connectivity index is 0.00000312. The average molecular weight is 398 g/mol. The van der Waals surface area contributed by atoms with Crippen molar-refractivity contribution in [2.75, 3.05) is 24.5 Å². The van der Waals surface area contributed by atoms with Crippen molar-refractivity contribution in [3.8, 4) is 0 Å². The molecule has 0 heterocycles. The van der Waals surface area contributed by atoms with Crippen molar-refractivity contribution >= 4 is 36.4 Å². The highest BCUT2D eigenvalue weighted by Crippen LogP contribution is 2.15. The van der Waals surface area contributed by atoms with Gasteiger partial charge in [0.05, 0.1) is 0 Å². The summed E-state index contributed by atoms with van der Waals surface area (Å²) in [6.07, 6.45) is 0.306. The number of nitrogens with one attached hydrogen (secondary N) is 1. The van der Waals surface area contributed by atoms with Gasteiger partial charge in [-0.05, 0) is 37.1 Å². The van der Waals surface area contributed by atoms with Crippen LogP contribution in [-0.4, -0.2) is 25.5 Å². The van der Waals surface area contributed by atoms with Gasteiger partial charge in [-0.3, -0.25) is 4.79 Å². The van der Waals surface area contributed by atoms with Crippen LogP contribution < -0.4 is 16.0 Å². The molecule has 0 aliphatic carbocycles. The Morgan fingerprint density at radius 3 is 2.42 bits per heavy atom. The molecule has 4 nitrogen and oxygen atoms in total. The van der Waals surface area contributed by atoms with Gasteiger partial charge in [-0.1, -0.05) is 42.5 Å². The van der Waals surface area contributed by atoms with E-state index in [9.17, 15) is 4.79 Å². The summed E-state index contributed by atoms with van der Waals surface area (Å²) in [7, 11) is 0. The lowest BCUT2D eigenvalue weighted by atomic mass is 10.0. The lowest BCUT2D eigenvalue weighted by Crippen LogP contribution is -2.36. The quantitative estimate of drug-likeness (QED) is 0.710. The van der Waals surface area contributed by atoms with E-state index in [4.69, 9.17) is 5.73 Å². The molecular weight excluding hydrogens is 369 g/mol. The third kappa shape index (κ3) is 7.65. The Morgan fingerprint density at radius 1 is 1.12 bits per heavy atom. The molecule has 0 aromatic heterocycles. The van der Waals surface area contributed by atoms with Crippen molar-refractivity contribution in [3.63, 3.8) is 0 Å². The van der Waals surface area contributed by atoms with Crippen LogP contribution in [0.15, 0.2) is 54.6 Å². The zero-order valence-corrected chi connectivity index (χ0v) is 17.0. The molecule has 0 bridgehead atoms. The maximum atomic E-state index is 12.1. The van der Waals surface area contributed by atoms with E-state index >= 15 is 0 Å². The van der Waals surface area contributed by atoms with Crippen molar-refractivity contribution in [1.29, 1.82) is 0 Å². The van der Waals surface area contributed by atoms with Gasteiger partial charge in [-0.15, -0.1) is 24.8 Å². The number of hydrogen-bond donors (Lipinski definition) is 2. The van der Waals surface area contributed by atoms with Gasteiger partial charge in [0.1, 0.15) is 0 Å². The summed E-state index contributed by atoms with van der Waals surface area (Å²) in [5.74, 6) is -0.00773. The molecular formula is C20H29Cl2N3O. The Kier molecular flexibility index (Phi) is 11.7. The second-order valence-electron chi connectivity index (χ2n) is 5.99. The molecule has 0 saturated heterocycles. The molecule has 0 aliphatic rings. The molecule has 1 atom stereocenters. The van der Waals surface area contributed by atoms with Crippen molar-refractivity contribution < 1.29 is 4.79 Å². The van der Waals surface area contributed by atoms with Crippen molar-refractivity contribution in [3.05, 3.63) is 65.7 Å². The normalized spacial score (nSPS) is 10.9. The molecule has 1 unspecified atom stereocenters. The molecule has 144 valence electrons. The summed E-state index contributed by atoms with van der Waals surface area (Å²) in [5.41, 5.74) is 9.51. The smallest absolute Gasteiger partial charge is 0.221 e. The molecule has 0 saturated carbocycles. The molecule has 0 radical (unpaired) electrons. The van der Waals surface area contributed by atoms with Gasteiger partial charge < -0.3 is 16.0 Å². The van der Waals surface area contributed by atoms with Crippen LogP contribution in [0.1, 0.15) is 30.5 Å². The first-order valence-corrected chi connectivity index (χ1v) is 8.49. The minimum atomic E-state index is -0.259. The SMILES string of the molecule is CCN(CCNC(=O)CC(N)c1ccccc1)c1cccc(C)c1.Cl.Cl. The fourth-order valence-electron chi connectivity index (χ4n) is 2.71. The van der Waals surface area contributed by atoms with Gasteiger partial charge in [0.2, 0.25) is 5.91 Å². The number of aryl methyl sites for hydroxylation is 1. The molecule has 0 fully saturated rings. The largest absolute Gasteiger partial charge is 0.370 e. The third-order valence-corrected chi connectivity index (χ3v) is 4.09. The Labute approximate surface area is 169 Å². The molecule has 2 aromatic carbocycles. The third-order valence-electron chi connectivity index (χ3n) is 4.09. The highest BCUT2D eigenvalue weighted by atomic mass is 35.5. The average Bonchev–Trinajstić information content (AvgIpc) is 2.59. The molecule has 3 N–H and O–H groups in total. The van der Waals surface area contributed by atoms with E-state index in [1.54, 1.807) is 0 Å². The van der Waals surface area contributed by atoms with E-state index in [1.165, 1.54) is 11.3 Å². The van der Waals surface area contributed by atoms with Crippen LogP contribution in [0, 0.1) is 6.92 Å². The van der Waals surface area contributed by atoms with Gasteiger partial charge in [0.15, 0.2) is 0 Å². The summed E-state index contributed by atoms with van der Waals surface area (Å²) in [5, 5.41) is 2.97. The monoisotopic (exact) mass is 397 g/mol. The number of nitrogens with two attached hydrogens (primary N) is 1. The molecule has 2 aromatic rings. The van der Waals surface area contributed by atoms with Crippen LogP contribution in [0.2, 0.25) is 0 Å². The minimum absolute atomic E-state index is 0. The van der Waals surface area contributed by atoms with Crippen molar-refractivity contribution in [2.24, 2.45) is 5.73 Å². The van der Waals surface area contributed by atoms with Crippen molar-refractivity contribution in [1.82, 2.24) is 5.32 Å². The predicted molar refractivity (Wildman–Crippen MR) is 115 cm³/mol. The second-order valence-corrected chi connectivity index (χ2v) is 5.99. The molecule has 1 amide bonds. The number of carbonyl (C=O) groups is 1. The highest BCUT2D eigenvalue weighted by Gasteiger charge is 2.11. The summed E-state index contributed by atoms with van der Waals surface area (Å²) in [4.78, 5) is 14.3. The fraction of sp³-hybridized carbons (Fsp3) is 0.350. The Bertz CT molecular complexity index is 653. The van der Waals surface area contributed by atoms with E-state index in [0.29, 0.717) is 13.0 Å². The lowest BCUT2D eigenvalue weighted by molar-refractivity contribution is -0.121. The van der Waals surface area contributed by atoms with Crippen LogP contribution in [0.5, 0.6) is 0 Å². The lowest BCUT2D eigenvalue weighted by Gasteiger charge is -2.24. The Hall–Kier alpha value is -1.75. The van der Waals surface area contributed by atoms with Crippen LogP contribution in [-0.2, 0) is 4.79 Å². The maximum Gasteiger partial charge on any atom is 0.221 e. The standard InChI is InChI=1S/C20H27N3O.2ClH/c1-3-23(18-11-7-8-16(2)14-18)13-12-22-20(24)15-19(21)17-9-5-4-6-10-17;;/h4-11,14,19H,3,12-13,15,21H2,1-2H3,(H,22,24);2*1H. The first kappa shape index (κ1) is 24.2. The number of anilines is 1. The van der Waals surface area contributed by atoms with Crippen molar-refractivity contribution in [2.45, 2.75) is 26.3 Å². The number of hydrogen-bond acceptors (Lipinski definition) is 3. The second kappa shape index (κ2) is 12.6. The van der Waals surface area contributed by atoms with E-state index < -0.39 is 0 Å². The number of likely N-dealkylation sites (N-methyl/N-ethyl adjacent to an activating group) is 1. The number of nitrogens with zero attached hydrogens (tertiary/aromatic N) is 1. The number of halogens is 2. The number of rotatable bonds is 8. The van der Waals surface area contributed by atoms with Crippen LogP contribution in [0.3, 0.4) is 0 Å². The molecule has 6 heteroatoms. The summed E-state index contributed by atoms with van der Waals surface area (Å²) in [6, 6.07) is 17.9. The first-order chi connectivity index (χ1) is 11.6. The zero-order chi connectivity index (χ0) is 17.4. The number of amides is 1. The van der Waals surface area contributed by atoms with Crippen LogP contribution in [0.25, 0.3) is 0 Å². The summed E-state index contributed by atoms with van der Waals surface area (Å²) < 4.78 is 0. The van der Waals surface area contributed by atoms with Gasteiger partial charge >= 0.3 is 0 Å². The van der Waals surface area contributed by atoms with Crippen LogP contribution in [0.4, 0.5) is 5.69 Å². The number of carbonyl (C=O) groups excluding carboxylic acids is 1. The van der Waals surface area contributed by atoms with Gasteiger partial charge in [-0.2, -0.15) is 0 Å². The Morgan fingerprint density at radius 2 is 1.81 bits per heavy atom. The topological polar surface area (TPSA) is 58.4 Å². The molecule has 0 aliphatic heterocycles. The van der Waals surface area contributed by atoms with E-state index in [-0.39, 0.29) is 36.8 Å². The van der Waals surface area contributed by atoms with Gasteiger partial charge in [-0.25, -0.2) is 0 Å². The predicted octanol–water partition coefficient (Wildman–Crippen LogP) is 3.87. The van der Waals surface area contributed by atoms with Gasteiger partial charge in [0.25, 0.3) is 0 Å². The number of benzene rings is 2. The van der Waals surface area contributed by atoms with Gasteiger partial charge in [0, 0.05) is 37.8 Å². The molecule has 26 heavy (non-hydrogen) atoms. The van der Waals surface area contributed by atoms with E-state index in [0.717, 1.165) is 18.7 Å². The first-order valence-electron chi connectivity index (χ1n) is 8.49. The molecule has 2 rings (SSSR count). The minimum Gasteiger partial charge on any atom is -0.370 e. The van der Waals surface area contributed by atoms with E-state index in [1.807, 2.05) is 30.3 Å². The molecule has 0 spiro atoms. The van der Waals surface area contributed by atoms with E-state index in [2.05, 4.69) is 48.3 Å². The van der Waals surface area contributed by atoms with Crippen LogP contribution >= 0.6 is 24.8 Å². The summed E-state index contributed by atoms with van der Waals surface area (Å²) >= 11 is 0. The summed E-state index contributed by atoms with van der Waals surface area (Å²) in [6.45, 7) is 6.51.